The van der Waals surface area contributed by atoms with Crippen molar-refractivity contribution in [2.24, 2.45) is 52.3 Å². The average molecular weight is 755 g/mol. The summed E-state index contributed by atoms with van der Waals surface area (Å²) in [4.78, 5) is 14.5. The van der Waals surface area contributed by atoms with Crippen LogP contribution in [0.15, 0.2) is 0 Å². The molecular weight excluding hydrogens is 692 g/mol. The topological polar surface area (TPSA) is 214 Å². The lowest BCUT2D eigenvalue weighted by Crippen LogP contribution is -2.65. The van der Waals surface area contributed by atoms with Crippen molar-refractivity contribution in [2.75, 3.05) is 19.8 Å². The summed E-state index contributed by atoms with van der Waals surface area (Å²) < 4.78 is 36.7. The predicted octanol–water partition coefficient (Wildman–Crippen LogP) is 0.621. The Morgan fingerprint density at radius 3 is 2.17 bits per heavy atom. The summed E-state index contributed by atoms with van der Waals surface area (Å²) in [5.41, 5.74) is -0.453. The standard InChI is InChI=1S/C39H62O14/c1-17-7-10-39(48-16-17)18(2)28-24(53-39)12-23-21-6-5-19-11-20(8-9-37(19,3)22(21)13-27(42)38(23,28)4)49-35-33(47)31(45)34(26(15-41)51-35)52-36-32(46)30(44)29(43)25(14-40)50-36/h17-26,28-36,40-41,43-47H,5-16H2,1-4H3/t17-,18-,19+,20-,21+,22-,23-,24-,25+,26+,28-,29+,30-,31+,32+,33+,34-,35+,36-,37-,38+,39+/m0/s1. The number of rotatable bonds is 6. The largest absolute Gasteiger partial charge is 0.394 e. The van der Waals surface area contributed by atoms with E-state index in [9.17, 15) is 40.5 Å². The van der Waals surface area contributed by atoms with E-state index < -0.39 is 85.8 Å². The first-order valence-electron chi connectivity index (χ1n) is 20.3. The van der Waals surface area contributed by atoms with Gasteiger partial charge in [0.2, 0.25) is 0 Å². The fraction of sp³-hybridized carbons (Fsp3) is 0.974. The summed E-state index contributed by atoms with van der Waals surface area (Å²) >= 11 is 0. The van der Waals surface area contributed by atoms with Gasteiger partial charge >= 0.3 is 0 Å². The quantitative estimate of drug-likeness (QED) is 0.185. The van der Waals surface area contributed by atoms with E-state index in [0.717, 1.165) is 44.9 Å². The number of carbonyl (C=O) groups excluding carboxylic acids is 1. The number of carbonyl (C=O) groups is 1. The smallest absolute Gasteiger partial charge is 0.187 e. The molecule has 7 N–H and O–H groups in total. The molecule has 14 nitrogen and oxygen atoms in total. The van der Waals surface area contributed by atoms with Gasteiger partial charge in [0.1, 0.15) is 54.6 Å². The van der Waals surface area contributed by atoms with Crippen LogP contribution in [0.1, 0.15) is 85.5 Å². The summed E-state index contributed by atoms with van der Waals surface area (Å²) in [5, 5.41) is 72.8. The first-order chi connectivity index (χ1) is 25.2. The van der Waals surface area contributed by atoms with Crippen LogP contribution in [0, 0.1) is 52.3 Å². The first-order valence-corrected chi connectivity index (χ1v) is 20.3. The molecule has 4 aliphatic carbocycles. The normalized spacial score (nSPS) is 58.2. The highest BCUT2D eigenvalue weighted by molar-refractivity contribution is 5.87. The Hall–Kier alpha value is -0.850. The van der Waals surface area contributed by atoms with Crippen LogP contribution in [0.4, 0.5) is 0 Å². The second-order valence-electron chi connectivity index (χ2n) is 18.6. The SMILES string of the molecule is C[C@H]1CC[C@@]2(OC1)O[C@H]1C[C@H]3[C@@H]4CC[C@@H]5C[C@@H](O[C@@H]6O[C@H](CO)[C@H](O[C@@H]7O[C@H](CO)[C@@H](O)[C@H](O)[C@H]7O)[C@H](O)[C@H]6O)CC[C@]5(C)[C@H]4CC(=O)[C@]3(C)[C@H]1[C@@H]2C. The monoisotopic (exact) mass is 754 g/mol. The number of hydrogen-bond acceptors (Lipinski definition) is 14. The number of aliphatic hydroxyl groups excluding tert-OH is 7. The number of ether oxygens (including phenoxy) is 6. The van der Waals surface area contributed by atoms with Crippen molar-refractivity contribution in [1.29, 1.82) is 0 Å². The van der Waals surface area contributed by atoms with Crippen LogP contribution in [0.2, 0.25) is 0 Å². The molecule has 8 aliphatic rings. The summed E-state index contributed by atoms with van der Waals surface area (Å²) in [6, 6.07) is 0. The highest BCUT2D eigenvalue weighted by atomic mass is 16.7. The molecule has 0 aromatic rings. The van der Waals surface area contributed by atoms with Crippen molar-refractivity contribution in [3.05, 3.63) is 0 Å². The molecule has 4 saturated carbocycles. The van der Waals surface area contributed by atoms with E-state index >= 15 is 0 Å². The third-order valence-corrected chi connectivity index (χ3v) is 16.0. The van der Waals surface area contributed by atoms with Crippen LogP contribution >= 0.6 is 0 Å². The zero-order valence-corrected chi connectivity index (χ0v) is 31.4. The highest BCUT2D eigenvalue weighted by Crippen LogP contribution is 2.70. The molecule has 8 fully saturated rings. The molecular formula is C39H62O14. The number of aliphatic hydroxyl groups is 7. The van der Waals surface area contributed by atoms with Crippen molar-refractivity contribution in [1.82, 2.24) is 0 Å². The molecule has 8 rings (SSSR count). The lowest BCUT2D eigenvalue weighted by molar-refractivity contribution is -0.364. The number of fused-ring (bicyclic) bond motifs is 7. The molecule has 0 aromatic heterocycles. The van der Waals surface area contributed by atoms with Gasteiger partial charge in [-0.2, -0.15) is 0 Å². The minimum absolute atomic E-state index is 0.0443. The minimum atomic E-state index is -1.73. The molecule has 53 heavy (non-hydrogen) atoms. The maximum absolute atomic E-state index is 14.5. The maximum atomic E-state index is 14.5. The van der Waals surface area contributed by atoms with E-state index in [1.54, 1.807) is 0 Å². The first kappa shape index (κ1) is 39.0. The Bertz CT molecular complexity index is 1340. The van der Waals surface area contributed by atoms with E-state index in [1.807, 2.05) is 0 Å². The molecule has 1 spiro atoms. The zero-order valence-electron chi connectivity index (χ0n) is 31.4. The lowest BCUT2D eigenvalue weighted by Gasteiger charge is -2.60. The average Bonchev–Trinajstić information content (AvgIpc) is 3.59. The van der Waals surface area contributed by atoms with Crippen molar-refractivity contribution < 1.29 is 69.0 Å². The Morgan fingerprint density at radius 1 is 0.774 bits per heavy atom. The van der Waals surface area contributed by atoms with Gasteiger partial charge in [0, 0.05) is 30.1 Å². The molecule has 4 saturated heterocycles. The summed E-state index contributed by atoms with van der Waals surface area (Å²) in [6.07, 6.45) is -7.31. The van der Waals surface area contributed by atoms with E-state index in [0.29, 0.717) is 48.9 Å². The minimum Gasteiger partial charge on any atom is -0.394 e. The van der Waals surface area contributed by atoms with Gasteiger partial charge in [0.15, 0.2) is 18.4 Å². The highest BCUT2D eigenvalue weighted by Gasteiger charge is 2.72. The Kier molecular flexibility index (Phi) is 10.5. The molecule has 0 aromatic carbocycles. The molecule has 0 radical (unpaired) electrons. The molecule has 22 atom stereocenters. The zero-order chi connectivity index (χ0) is 37.8. The van der Waals surface area contributed by atoms with Crippen LogP contribution in [0.25, 0.3) is 0 Å². The van der Waals surface area contributed by atoms with E-state index in [1.165, 1.54) is 0 Å². The lowest BCUT2D eigenvalue weighted by atomic mass is 9.44. The van der Waals surface area contributed by atoms with Gasteiger partial charge < -0.3 is 64.2 Å². The predicted molar refractivity (Wildman–Crippen MR) is 183 cm³/mol. The fourth-order valence-electron chi connectivity index (χ4n) is 12.9. The Labute approximate surface area is 311 Å². The Morgan fingerprint density at radius 2 is 1.47 bits per heavy atom. The Balaban J connectivity index is 0.909. The number of Topliss-reactive ketones (excluding diaryl/α,β-unsaturated/α-hetero) is 1. The van der Waals surface area contributed by atoms with Gasteiger partial charge in [-0.25, -0.2) is 0 Å². The fourth-order valence-corrected chi connectivity index (χ4v) is 12.9. The van der Waals surface area contributed by atoms with Gasteiger partial charge in [-0.1, -0.05) is 27.7 Å². The molecule has 0 unspecified atom stereocenters. The van der Waals surface area contributed by atoms with E-state index in [-0.39, 0.29) is 35.4 Å². The van der Waals surface area contributed by atoms with Crippen molar-refractivity contribution in [3.63, 3.8) is 0 Å². The number of hydrogen-bond donors (Lipinski definition) is 7. The van der Waals surface area contributed by atoms with Crippen molar-refractivity contribution in [3.8, 4) is 0 Å². The van der Waals surface area contributed by atoms with Gasteiger partial charge in [0.25, 0.3) is 0 Å². The molecule has 302 valence electrons. The van der Waals surface area contributed by atoms with Crippen molar-refractivity contribution in [2.45, 2.75) is 165 Å². The van der Waals surface area contributed by atoms with Gasteiger partial charge in [-0.05, 0) is 80.0 Å². The molecule has 0 amide bonds. The number of ketones is 1. The van der Waals surface area contributed by atoms with Crippen LogP contribution in [-0.4, -0.2) is 141 Å². The van der Waals surface area contributed by atoms with Gasteiger partial charge in [0.05, 0.1) is 32.0 Å². The summed E-state index contributed by atoms with van der Waals surface area (Å²) in [7, 11) is 0. The third-order valence-electron chi connectivity index (χ3n) is 16.0. The molecule has 14 heteroatoms. The summed E-state index contributed by atoms with van der Waals surface area (Å²) in [6.45, 7) is 8.51. The van der Waals surface area contributed by atoms with E-state index in [4.69, 9.17) is 28.4 Å². The van der Waals surface area contributed by atoms with Gasteiger partial charge in [-0.3, -0.25) is 4.79 Å². The molecule has 4 heterocycles. The van der Waals surface area contributed by atoms with Crippen molar-refractivity contribution >= 4 is 5.78 Å². The van der Waals surface area contributed by atoms with Crippen LogP contribution in [0.5, 0.6) is 0 Å². The maximum Gasteiger partial charge on any atom is 0.187 e. The molecule has 0 bridgehead atoms. The second kappa shape index (κ2) is 14.2. The molecule has 4 aliphatic heterocycles. The van der Waals surface area contributed by atoms with Gasteiger partial charge in [-0.15, -0.1) is 0 Å². The summed E-state index contributed by atoms with van der Waals surface area (Å²) in [5.74, 6) is 2.02. The third kappa shape index (κ3) is 6.03. The van der Waals surface area contributed by atoms with Crippen LogP contribution in [-0.2, 0) is 33.2 Å². The van der Waals surface area contributed by atoms with Crippen LogP contribution in [0.3, 0.4) is 0 Å². The second-order valence-corrected chi connectivity index (χ2v) is 18.6. The van der Waals surface area contributed by atoms with Crippen LogP contribution < -0.4 is 0 Å². The van der Waals surface area contributed by atoms with E-state index in [2.05, 4.69) is 27.7 Å².